The molecule has 3 rings (SSSR count). The lowest BCUT2D eigenvalue weighted by Crippen LogP contribution is -2.45. The zero-order chi connectivity index (χ0) is 22.8. The number of halogens is 3. The number of nitrogens with zero attached hydrogens (tertiary/aromatic N) is 2. The molecule has 1 N–H and O–H groups in total. The third-order valence-electron chi connectivity index (χ3n) is 5.93. The van der Waals surface area contributed by atoms with E-state index in [0.717, 1.165) is 38.4 Å². The fraction of sp³-hybridized carbons (Fsp3) is 0.591. The summed E-state index contributed by atoms with van der Waals surface area (Å²) in [5, 5.41) is 3.09. The van der Waals surface area contributed by atoms with E-state index < -0.39 is 17.8 Å². The lowest BCUT2D eigenvalue weighted by Gasteiger charge is -2.39. The average molecular weight is 456 g/mol. The maximum Gasteiger partial charge on any atom is 0.416 e. The first kappa shape index (κ1) is 23.6. The maximum atomic E-state index is 13.4. The Hall–Kier alpha value is -2.03. The highest BCUT2D eigenvalue weighted by Crippen LogP contribution is 2.42. The Balaban J connectivity index is 1.73. The van der Waals surface area contributed by atoms with Crippen LogP contribution < -0.4 is 5.32 Å². The molecule has 1 aromatic carbocycles. The second-order valence-corrected chi connectivity index (χ2v) is 10.2. The van der Waals surface area contributed by atoms with E-state index in [2.05, 4.69) is 10.3 Å². The van der Waals surface area contributed by atoms with Crippen molar-refractivity contribution in [1.82, 2.24) is 10.2 Å². The Kier molecular flexibility index (Phi) is 7.03. The summed E-state index contributed by atoms with van der Waals surface area (Å²) < 4.78 is 39.7. The molecule has 0 aromatic heterocycles. The topological polar surface area (TPSA) is 61.8 Å². The molecular formula is C22H28F3N3O2S. The summed E-state index contributed by atoms with van der Waals surface area (Å²) in [6.45, 7) is 6.63. The normalized spacial score (nSPS) is 25.4. The molecule has 2 aliphatic rings. The Morgan fingerprint density at radius 2 is 1.97 bits per heavy atom. The van der Waals surface area contributed by atoms with E-state index in [0.29, 0.717) is 17.5 Å². The highest BCUT2D eigenvalue weighted by molar-refractivity contribution is 8.15. The van der Waals surface area contributed by atoms with Crippen molar-refractivity contribution in [2.75, 3.05) is 13.1 Å². The van der Waals surface area contributed by atoms with Crippen LogP contribution in [-0.2, 0) is 15.8 Å². The van der Waals surface area contributed by atoms with Crippen molar-refractivity contribution >= 4 is 28.7 Å². The summed E-state index contributed by atoms with van der Waals surface area (Å²) in [6, 6.07) is 4.65. The number of amides is 2. The number of carbonyl (C=O) groups is 2. The van der Waals surface area contributed by atoms with E-state index in [4.69, 9.17) is 0 Å². The quantitative estimate of drug-likeness (QED) is 0.711. The minimum absolute atomic E-state index is 0.0821. The fourth-order valence-electron chi connectivity index (χ4n) is 4.40. The highest BCUT2D eigenvalue weighted by Gasteiger charge is 2.39. The van der Waals surface area contributed by atoms with Crippen molar-refractivity contribution < 1.29 is 22.8 Å². The lowest BCUT2D eigenvalue weighted by atomic mass is 9.85. The van der Waals surface area contributed by atoms with E-state index in [1.54, 1.807) is 19.9 Å². The molecule has 0 saturated carbocycles. The zero-order valence-electron chi connectivity index (χ0n) is 18.0. The number of amidine groups is 1. The number of carbonyl (C=O) groups excluding carboxylic acids is 2. The van der Waals surface area contributed by atoms with E-state index >= 15 is 0 Å². The first-order chi connectivity index (χ1) is 14.5. The van der Waals surface area contributed by atoms with Crippen LogP contribution in [-0.4, -0.2) is 39.7 Å². The van der Waals surface area contributed by atoms with Crippen LogP contribution >= 0.6 is 11.8 Å². The number of aliphatic imine (C=N–C) groups is 1. The predicted molar refractivity (Wildman–Crippen MR) is 116 cm³/mol. The van der Waals surface area contributed by atoms with Crippen LogP contribution in [0.25, 0.3) is 0 Å². The summed E-state index contributed by atoms with van der Waals surface area (Å²) in [7, 11) is 0. The van der Waals surface area contributed by atoms with Gasteiger partial charge in [0.05, 0.1) is 11.6 Å². The van der Waals surface area contributed by atoms with Gasteiger partial charge in [0, 0.05) is 31.2 Å². The Morgan fingerprint density at radius 3 is 2.58 bits per heavy atom. The molecule has 1 aromatic rings. The largest absolute Gasteiger partial charge is 0.416 e. The van der Waals surface area contributed by atoms with Crippen LogP contribution in [0, 0.1) is 5.92 Å². The SMILES string of the molecule is CC(=O)N1CCC(CC2(C)CC(=O)NC(=N[C@@H](C)c3ccccc3C(F)(F)F)S2)CC1. The van der Waals surface area contributed by atoms with Crippen LogP contribution in [0.4, 0.5) is 13.2 Å². The number of benzene rings is 1. The predicted octanol–water partition coefficient (Wildman–Crippen LogP) is 4.78. The number of nitrogens with one attached hydrogen (secondary N) is 1. The van der Waals surface area contributed by atoms with Crippen LogP contribution in [0.1, 0.15) is 63.6 Å². The molecule has 0 aliphatic carbocycles. The number of hydrogen-bond donors (Lipinski definition) is 1. The van der Waals surface area contributed by atoms with Gasteiger partial charge < -0.3 is 10.2 Å². The molecule has 170 valence electrons. The number of thioether (sulfide) groups is 1. The molecule has 5 nitrogen and oxygen atoms in total. The van der Waals surface area contributed by atoms with Gasteiger partial charge >= 0.3 is 6.18 Å². The molecule has 0 bridgehead atoms. The van der Waals surface area contributed by atoms with E-state index in [1.807, 2.05) is 11.8 Å². The first-order valence-electron chi connectivity index (χ1n) is 10.5. The minimum Gasteiger partial charge on any atom is -0.343 e. The van der Waals surface area contributed by atoms with Gasteiger partial charge in [-0.05, 0) is 50.7 Å². The minimum atomic E-state index is -4.46. The molecule has 2 amide bonds. The Morgan fingerprint density at radius 1 is 1.32 bits per heavy atom. The van der Waals surface area contributed by atoms with Gasteiger partial charge in [0.15, 0.2) is 5.17 Å². The Labute approximate surface area is 184 Å². The summed E-state index contributed by atoms with van der Waals surface area (Å²) >= 11 is 1.43. The molecule has 2 heterocycles. The van der Waals surface area contributed by atoms with Crippen LogP contribution in [0.15, 0.2) is 29.3 Å². The van der Waals surface area contributed by atoms with Crippen molar-refractivity contribution in [2.24, 2.45) is 10.9 Å². The molecule has 2 aliphatic heterocycles. The fourth-order valence-corrected chi connectivity index (χ4v) is 5.76. The van der Waals surface area contributed by atoms with E-state index in [1.165, 1.54) is 23.9 Å². The van der Waals surface area contributed by atoms with Gasteiger partial charge in [0.1, 0.15) is 0 Å². The molecule has 2 atom stereocenters. The monoisotopic (exact) mass is 455 g/mol. The molecule has 2 saturated heterocycles. The number of rotatable bonds is 4. The third-order valence-corrected chi connectivity index (χ3v) is 7.14. The van der Waals surface area contributed by atoms with Crippen LogP contribution in [0.3, 0.4) is 0 Å². The molecular weight excluding hydrogens is 427 g/mol. The zero-order valence-corrected chi connectivity index (χ0v) is 18.8. The van der Waals surface area contributed by atoms with Gasteiger partial charge in [-0.2, -0.15) is 13.2 Å². The number of hydrogen-bond acceptors (Lipinski definition) is 4. The van der Waals surface area contributed by atoms with Gasteiger partial charge in [0.25, 0.3) is 0 Å². The second-order valence-electron chi connectivity index (χ2n) is 8.63. The maximum absolute atomic E-state index is 13.4. The Bertz CT molecular complexity index is 866. The summed E-state index contributed by atoms with van der Waals surface area (Å²) in [4.78, 5) is 30.2. The second kappa shape index (κ2) is 9.22. The number of likely N-dealkylation sites (tertiary alicyclic amines) is 1. The lowest BCUT2D eigenvalue weighted by molar-refractivity contribution is -0.138. The number of piperidine rings is 1. The molecule has 0 spiro atoms. The van der Waals surface area contributed by atoms with Gasteiger partial charge in [0.2, 0.25) is 11.8 Å². The van der Waals surface area contributed by atoms with Gasteiger partial charge in [-0.25, -0.2) is 0 Å². The van der Waals surface area contributed by atoms with E-state index in [-0.39, 0.29) is 22.1 Å². The van der Waals surface area contributed by atoms with Gasteiger partial charge in [-0.1, -0.05) is 30.0 Å². The van der Waals surface area contributed by atoms with Crippen molar-refractivity contribution in [3.8, 4) is 0 Å². The van der Waals surface area contributed by atoms with Crippen LogP contribution in [0.2, 0.25) is 0 Å². The van der Waals surface area contributed by atoms with Gasteiger partial charge in [-0.3, -0.25) is 14.6 Å². The molecule has 1 unspecified atom stereocenters. The first-order valence-corrected chi connectivity index (χ1v) is 11.3. The van der Waals surface area contributed by atoms with Crippen molar-refractivity contribution in [2.45, 2.75) is 63.4 Å². The third kappa shape index (κ3) is 6.02. The smallest absolute Gasteiger partial charge is 0.343 e. The van der Waals surface area contributed by atoms with Gasteiger partial charge in [-0.15, -0.1) is 0 Å². The molecule has 9 heteroatoms. The van der Waals surface area contributed by atoms with Crippen LogP contribution in [0.5, 0.6) is 0 Å². The summed E-state index contributed by atoms with van der Waals surface area (Å²) in [5.41, 5.74) is -0.625. The molecule has 2 fully saturated rings. The summed E-state index contributed by atoms with van der Waals surface area (Å²) in [6.07, 6.45) is -1.56. The van der Waals surface area contributed by atoms with Crippen molar-refractivity contribution in [3.63, 3.8) is 0 Å². The molecule has 0 radical (unpaired) electrons. The van der Waals surface area contributed by atoms with Crippen molar-refractivity contribution in [3.05, 3.63) is 35.4 Å². The van der Waals surface area contributed by atoms with E-state index in [9.17, 15) is 22.8 Å². The standard InChI is InChI=1S/C22H28F3N3O2S/c1-14(17-6-4-5-7-18(17)22(23,24)25)26-20-27-19(30)13-21(3,31-20)12-16-8-10-28(11-9-16)15(2)29/h4-7,14,16H,8-13H2,1-3H3,(H,26,27,30)/t14-,21?/m0/s1. The molecule has 31 heavy (non-hydrogen) atoms. The average Bonchev–Trinajstić information content (AvgIpc) is 2.66. The summed E-state index contributed by atoms with van der Waals surface area (Å²) in [5.74, 6) is 0.305. The highest BCUT2D eigenvalue weighted by atomic mass is 32.2. The van der Waals surface area contributed by atoms with Crippen molar-refractivity contribution in [1.29, 1.82) is 0 Å². The number of alkyl halides is 3.